The number of nitrogens with one attached hydrogen (secondary N) is 1. The summed E-state index contributed by atoms with van der Waals surface area (Å²) in [6.07, 6.45) is 2.27. The van der Waals surface area contributed by atoms with Crippen molar-refractivity contribution in [1.82, 2.24) is 0 Å². The number of anilines is 2. The minimum Gasteiger partial charge on any atom is -0.324 e. The van der Waals surface area contributed by atoms with E-state index in [1.54, 1.807) is 12.1 Å². The van der Waals surface area contributed by atoms with Gasteiger partial charge in [-0.3, -0.25) is 9.10 Å². The Hall–Kier alpha value is -2.34. The fraction of sp³-hybridized carbons (Fsp3) is 0.381. The van der Waals surface area contributed by atoms with Gasteiger partial charge in [0.25, 0.3) is 0 Å². The SMILES string of the molecule is CCc1cccc(C)c1NC(=O)[C@H](CC)N(c1ccc(C)cc1)S(C)(=O)=O. The Balaban J connectivity index is 2.43. The third kappa shape index (κ3) is 4.89. The van der Waals surface area contributed by atoms with Crippen molar-refractivity contribution in [2.45, 2.75) is 46.6 Å². The zero-order valence-electron chi connectivity index (χ0n) is 16.6. The van der Waals surface area contributed by atoms with E-state index < -0.39 is 16.1 Å². The van der Waals surface area contributed by atoms with Crippen LogP contribution in [0.1, 0.15) is 37.0 Å². The molecule has 27 heavy (non-hydrogen) atoms. The molecule has 0 spiro atoms. The minimum atomic E-state index is -3.63. The molecule has 146 valence electrons. The van der Waals surface area contributed by atoms with Gasteiger partial charge >= 0.3 is 0 Å². The third-order valence-electron chi connectivity index (χ3n) is 4.61. The number of hydrogen-bond acceptors (Lipinski definition) is 3. The van der Waals surface area contributed by atoms with Crippen LogP contribution in [0.15, 0.2) is 42.5 Å². The minimum absolute atomic E-state index is 0.326. The number of carbonyl (C=O) groups is 1. The van der Waals surface area contributed by atoms with E-state index in [0.29, 0.717) is 12.1 Å². The van der Waals surface area contributed by atoms with Gasteiger partial charge in [-0.1, -0.05) is 49.7 Å². The van der Waals surface area contributed by atoms with Gasteiger partial charge in [0, 0.05) is 5.69 Å². The molecule has 2 rings (SSSR count). The molecule has 0 aliphatic rings. The van der Waals surface area contributed by atoms with Gasteiger partial charge < -0.3 is 5.32 Å². The lowest BCUT2D eigenvalue weighted by Gasteiger charge is -2.30. The topological polar surface area (TPSA) is 66.5 Å². The lowest BCUT2D eigenvalue weighted by molar-refractivity contribution is -0.117. The highest BCUT2D eigenvalue weighted by molar-refractivity contribution is 7.92. The average molecular weight is 389 g/mol. The quantitative estimate of drug-likeness (QED) is 0.778. The van der Waals surface area contributed by atoms with E-state index in [9.17, 15) is 13.2 Å². The van der Waals surface area contributed by atoms with E-state index in [0.717, 1.165) is 35.1 Å². The molecule has 5 nitrogen and oxygen atoms in total. The van der Waals surface area contributed by atoms with Crippen LogP contribution in [-0.2, 0) is 21.2 Å². The molecule has 0 aliphatic heterocycles. The van der Waals surface area contributed by atoms with Crippen LogP contribution < -0.4 is 9.62 Å². The molecule has 1 atom stereocenters. The van der Waals surface area contributed by atoms with Crippen LogP contribution in [0.25, 0.3) is 0 Å². The molecule has 0 unspecified atom stereocenters. The van der Waals surface area contributed by atoms with Gasteiger partial charge in [0.15, 0.2) is 0 Å². The second kappa shape index (κ2) is 8.57. The van der Waals surface area contributed by atoms with Crippen LogP contribution in [0, 0.1) is 13.8 Å². The first-order valence-electron chi connectivity index (χ1n) is 9.14. The van der Waals surface area contributed by atoms with Crippen LogP contribution in [0.2, 0.25) is 0 Å². The summed E-state index contributed by atoms with van der Waals surface area (Å²) in [7, 11) is -3.63. The van der Waals surface area contributed by atoms with Crippen LogP contribution in [0.4, 0.5) is 11.4 Å². The van der Waals surface area contributed by atoms with Crippen molar-refractivity contribution in [2.24, 2.45) is 0 Å². The number of amides is 1. The summed E-state index contributed by atoms with van der Waals surface area (Å²) >= 11 is 0. The number of para-hydroxylation sites is 1. The first-order chi connectivity index (χ1) is 12.7. The molecule has 0 bridgehead atoms. The number of sulfonamides is 1. The highest BCUT2D eigenvalue weighted by atomic mass is 32.2. The summed E-state index contributed by atoms with van der Waals surface area (Å²) in [5, 5.41) is 2.97. The van der Waals surface area contributed by atoms with Crippen molar-refractivity contribution in [3.63, 3.8) is 0 Å². The number of carbonyl (C=O) groups excluding carboxylic acids is 1. The van der Waals surface area contributed by atoms with E-state index in [2.05, 4.69) is 5.32 Å². The Bertz CT molecular complexity index is 906. The molecule has 0 aromatic heterocycles. The maximum atomic E-state index is 13.1. The maximum Gasteiger partial charge on any atom is 0.248 e. The summed E-state index contributed by atoms with van der Waals surface area (Å²) in [5.41, 5.74) is 4.27. The predicted molar refractivity (Wildman–Crippen MR) is 112 cm³/mol. The van der Waals surface area contributed by atoms with Crippen LogP contribution in [0.3, 0.4) is 0 Å². The van der Waals surface area contributed by atoms with Gasteiger partial charge in [0.05, 0.1) is 11.9 Å². The second-order valence-corrected chi connectivity index (χ2v) is 8.63. The van der Waals surface area contributed by atoms with E-state index in [-0.39, 0.29) is 5.91 Å². The molecule has 0 saturated heterocycles. The smallest absolute Gasteiger partial charge is 0.248 e. The molecule has 2 aromatic carbocycles. The molecule has 0 saturated carbocycles. The summed E-state index contributed by atoms with van der Waals surface area (Å²) in [6.45, 7) is 7.71. The zero-order chi connectivity index (χ0) is 20.2. The Morgan fingerprint density at radius 2 is 1.70 bits per heavy atom. The fourth-order valence-electron chi connectivity index (χ4n) is 3.16. The van der Waals surface area contributed by atoms with Crippen molar-refractivity contribution in [2.75, 3.05) is 15.9 Å². The monoisotopic (exact) mass is 388 g/mol. The van der Waals surface area contributed by atoms with Gasteiger partial charge in [-0.05, 0) is 49.9 Å². The Kier molecular flexibility index (Phi) is 6.65. The average Bonchev–Trinajstić information content (AvgIpc) is 2.61. The van der Waals surface area contributed by atoms with E-state index in [4.69, 9.17) is 0 Å². The van der Waals surface area contributed by atoms with Crippen molar-refractivity contribution in [1.29, 1.82) is 0 Å². The third-order valence-corrected chi connectivity index (χ3v) is 5.79. The van der Waals surface area contributed by atoms with Crippen LogP contribution >= 0.6 is 0 Å². The van der Waals surface area contributed by atoms with Crippen molar-refractivity contribution >= 4 is 27.3 Å². The van der Waals surface area contributed by atoms with E-state index in [1.807, 2.05) is 58.0 Å². The maximum absolute atomic E-state index is 13.1. The molecule has 1 amide bonds. The predicted octanol–water partition coefficient (Wildman–Crippen LogP) is 4.05. The van der Waals surface area contributed by atoms with Gasteiger partial charge in [-0.2, -0.15) is 0 Å². The molecule has 0 aliphatic carbocycles. The number of hydrogen-bond donors (Lipinski definition) is 1. The molecular formula is C21H28N2O3S. The molecule has 0 radical (unpaired) electrons. The first-order valence-corrected chi connectivity index (χ1v) is 11.0. The molecule has 1 N–H and O–H groups in total. The largest absolute Gasteiger partial charge is 0.324 e. The van der Waals surface area contributed by atoms with E-state index in [1.165, 1.54) is 4.31 Å². The molecule has 0 heterocycles. The fourth-order valence-corrected chi connectivity index (χ4v) is 4.37. The summed E-state index contributed by atoms with van der Waals surface area (Å²) < 4.78 is 26.2. The highest BCUT2D eigenvalue weighted by Gasteiger charge is 2.31. The molecule has 2 aromatic rings. The Morgan fingerprint density at radius 3 is 2.22 bits per heavy atom. The van der Waals surface area contributed by atoms with Crippen LogP contribution in [-0.4, -0.2) is 26.6 Å². The lowest BCUT2D eigenvalue weighted by atomic mass is 10.0. The number of nitrogens with zero attached hydrogens (tertiary/aromatic N) is 1. The van der Waals surface area contributed by atoms with Crippen molar-refractivity contribution < 1.29 is 13.2 Å². The van der Waals surface area contributed by atoms with E-state index >= 15 is 0 Å². The Morgan fingerprint density at radius 1 is 1.07 bits per heavy atom. The zero-order valence-corrected chi connectivity index (χ0v) is 17.4. The number of aryl methyl sites for hydroxylation is 3. The summed E-state index contributed by atoms with van der Waals surface area (Å²) in [5.74, 6) is -0.326. The summed E-state index contributed by atoms with van der Waals surface area (Å²) in [6, 6.07) is 12.2. The van der Waals surface area contributed by atoms with Gasteiger partial charge in [-0.25, -0.2) is 8.42 Å². The molecular weight excluding hydrogens is 360 g/mol. The highest BCUT2D eigenvalue weighted by Crippen LogP contribution is 2.26. The standard InChI is InChI=1S/C21H28N2O3S/c1-6-17-10-8-9-16(4)20(17)22-21(24)19(7-2)23(27(5,25)26)18-13-11-15(3)12-14-18/h8-14,19H,6-7H2,1-5H3,(H,22,24)/t19-/m0/s1. The molecule has 0 fully saturated rings. The number of rotatable bonds is 7. The van der Waals surface area contributed by atoms with Gasteiger partial charge in [0.2, 0.25) is 15.9 Å². The van der Waals surface area contributed by atoms with Crippen LogP contribution in [0.5, 0.6) is 0 Å². The van der Waals surface area contributed by atoms with Gasteiger partial charge in [-0.15, -0.1) is 0 Å². The lowest BCUT2D eigenvalue weighted by Crippen LogP contribution is -2.47. The normalized spacial score (nSPS) is 12.5. The summed E-state index contributed by atoms with van der Waals surface area (Å²) in [4.78, 5) is 13.1. The molecule has 6 heteroatoms. The Labute approximate surface area is 162 Å². The van der Waals surface area contributed by atoms with Crippen molar-refractivity contribution in [3.8, 4) is 0 Å². The first kappa shape index (κ1) is 21.0. The van der Waals surface area contributed by atoms with Crippen molar-refractivity contribution in [3.05, 3.63) is 59.2 Å². The number of benzene rings is 2. The van der Waals surface area contributed by atoms with Gasteiger partial charge in [0.1, 0.15) is 6.04 Å². The second-order valence-electron chi connectivity index (χ2n) is 6.77.